The molecule has 0 unspecified atom stereocenters. The Labute approximate surface area is 115 Å². The molecule has 3 N–H and O–H groups in total. The van der Waals surface area contributed by atoms with Crippen LogP contribution in [0.25, 0.3) is 0 Å². The van der Waals surface area contributed by atoms with Gasteiger partial charge in [0.15, 0.2) is 5.75 Å². The first-order valence-electron chi connectivity index (χ1n) is 5.83. The quantitative estimate of drug-likeness (QED) is 0.834. The summed E-state index contributed by atoms with van der Waals surface area (Å²) in [5.41, 5.74) is 7.10. The molecule has 0 spiro atoms. The number of carboxylic acid groups (broad SMARTS) is 1. The summed E-state index contributed by atoms with van der Waals surface area (Å²) >= 11 is 0. The van der Waals surface area contributed by atoms with Crippen LogP contribution in [0.4, 0.5) is 5.69 Å². The second-order valence-electron chi connectivity index (χ2n) is 4.22. The fourth-order valence-electron chi connectivity index (χ4n) is 1.72. The van der Waals surface area contributed by atoms with E-state index in [4.69, 9.17) is 20.8 Å². The highest BCUT2D eigenvalue weighted by atomic mass is 16.5. The normalized spacial score (nSPS) is 9.80. The van der Waals surface area contributed by atoms with Gasteiger partial charge in [-0.1, -0.05) is 12.1 Å². The predicted octanol–water partition coefficient (Wildman–Crippen LogP) is 2.94. The molecule has 0 aliphatic heterocycles. The average Bonchev–Trinajstić information content (AvgIpc) is 2.43. The number of para-hydroxylation sites is 1. The largest absolute Gasteiger partial charge is 0.478 e. The first-order chi connectivity index (χ1) is 9.52. The number of nitrogens with zero attached hydrogens (tertiary/aromatic N) is 1. The number of rotatable bonds is 3. The van der Waals surface area contributed by atoms with Gasteiger partial charge in [-0.15, -0.1) is 0 Å². The molecule has 0 aliphatic carbocycles. The Hall–Kier alpha value is -3.00. The van der Waals surface area contributed by atoms with Crippen LogP contribution in [0.5, 0.6) is 11.5 Å². The molecular formula is C15H12N2O3. The standard InChI is InChI=1S/C15H12N2O3/c1-9-5-6-10(8-16)7-13(9)20-12-4-2-3-11(14(12)17)15(18)19/h2-7H,17H2,1H3,(H,18,19). The Kier molecular flexibility index (Phi) is 3.58. The lowest BCUT2D eigenvalue weighted by atomic mass is 10.1. The molecule has 2 rings (SSSR count). The predicted molar refractivity (Wildman–Crippen MR) is 73.8 cm³/mol. The maximum absolute atomic E-state index is 11.0. The Morgan fingerprint density at radius 3 is 2.70 bits per heavy atom. The van der Waals surface area contributed by atoms with Crippen molar-refractivity contribution in [3.8, 4) is 17.6 Å². The molecule has 5 nitrogen and oxygen atoms in total. The number of hydrogen-bond donors (Lipinski definition) is 2. The molecule has 0 fully saturated rings. The Morgan fingerprint density at radius 1 is 1.30 bits per heavy atom. The number of aromatic carboxylic acids is 1. The fraction of sp³-hybridized carbons (Fsp3) is 0.0667. The van der Waals surface area contributed by atoms with Gasteiger partial charge < -0.3 is 15.6 Å². The van der Waals surface area contributed by atoms with Gasteiger partial charge in [-0.3, -0.25) is 0 Å². The van der Waals surface area contributed by atoms with Crippen molar-refractivity contribution < 1.29 is 14.6 Å². The van der Waals surface area contributed by atoms with E-state index in [1.807, 2.05) is 13.0 Å². The lowest BCUT2D eigenvalue weighted by Crippen LogP contribution is -2.04. The molecule has 0 aliphatic rings. The smallest absolute Gasteiger partial charge is 0.337 e. The van der Waals surface area contributed by atoms with E-state index in [0.717, 1.165) is 5.56 Å². The van der Waals surface area contributed by atoms with Crippen LogP contribution in [-0.4, -0.2) is 11.1 Å². The lowest BCUT2D eigenvalue weighted by molar-refractivity contribution is 0.0697. The summed E-state index contributed by atoms with van der Waals surface area (Å²) in [7, 11) is 0. The van der Waals surface area contributed by atoms with Crippen molar-refractivity contribution in [2.45, 2.75) is 6.92 Å². The number of ether oxygens (including phenoxy) is 1. The highest BCUT2D eigenvalue weighted by Crippen LogP contribution is 2.32. The lowest BCUT2D eigenvalue weighted by Gasteiger charge is -2.12. The van der Waals surface area contributed by atoms with Crippen LogP contribution in [0.15, 0.2) is 36.4 Å². The van der Waals surface area contributed by atoms with E-state index in [2.05, 4.69) is 0 Å². The molecule has 0 bridgehead atoms. The third kappa shape index (κ3) is 2.54. The molecule has 0 saturated heterocycles. The van der Waals surface area contributed by atoms with Gasteiger partial charge in [-0.2, -0.15) is 5.26 Å². The molecule has 100 valence electrons. The summed E-state index contributed by atoms with van der Waals surface area (Å²) in [6, 6.07) is 11.6. The summed E-state index contributed by atoms with van der Waals surface area (Å²) < 4.78 is 5.63. The highest BCUT2D eigenvalue weighted by Gasteiger charge is 2.13. The van der Waals surface area contributed by atoms with E-state index in [-0.39, 0.29) is 17.0 Å². The number of hydrogen-bond acceptors (Lipinski definition) is 4. The summed E-state index contributed by atoms with van der Waals surface area (Å²) in [6.07, 6.45) is 0. The minimum absolute atomic E-state index is 0.0170. The number of benzene rings is 2. The monoisotopic (exact) mass is 268 g/mol. The van der Waals surface area contributed by atoms with Crippen LogP contribution in [0.3, 0.4) is 0 Å². The molecule has 5 heteroatoms. The minimum Gasteiger partial charge on any atom is -0.478 e. The first kappa shape index (κ1) is 13.4. The highest BCUT2D eigenvalue weighted by molar-refractivity contribution is 5.95. The maximum atomic E-state index is 11.0. The van der Waals surface area contributed by atoms with Gasteiger partial charge in [0.2, 0.25) is 0 Å². The van der Waals surface area contributed by atoms with E-state index in [1.54, 1.807) is 30.3 Å². The van der Waals surface area contributed by atoms with Crippen LogP contribution in [0.2, 0.25) is 0 Å². The number of anilines is 1. The zero-order chi connectivity index (χ0) is 14.7. The van der Waals surface area contributed by atoms with Crippen molar-refractivity contribution in [3.63, 3.8) is 0 Å². The van der Waals surface area contributed by atoms with Crippen LogP contribution >= 0.6 is 0 Å². The van der Waals surface area contributed by atoms with Gasteiger partial charge >= 0.3 is 5.97 Å². The first-order valence-corrected chi connectivity index (χ1v) is 5.83. The van der Waals surface area contributed by atoms with Gasteiger partial charge in [-0.25, -0.2) is 4.79 Å². The summed E-state index contributed by atoms with van der Waals surface area (Å²) in [5.74, 6) is -0.392. The van der Waals surface area contributed by atoms with E-state index in [9.17, 15) is 4.79 Å². The number of carbonyl (C=O) groups is 1. The Balaban J connectivity index is 2.43. The van der Waals surface area contributed by atoms with Crippen molar-refractivity contribution in [2.75, 3.05) is 5.73 Å². The summed E-state index contributed by atoms with van der Waals surface area (Å²) in [5, 5.41) is 17.9. The molecule has 20 heavy (non-hydrogen) atoms. The number of nitriles is 1. The molecule has 2 aromatic carbocycles. The zero-order valence-electron chi connectivity index (χ0n) is 10.8. The Bertz CT molecular complexity index is 718. The van der Waals surface area contributed by atoms with Crippen LogP contribution in [0, 0.1) is 18.3 Å². The second-order valence-corrected chi connectivity index (χ2v) is 4.22. The van der Waals surface area contributed by atoms with Crippen molar-refractivity contribution in [2.24, 2.45) is 0 Å². The second kappa shape index (κ2) is 5.33. The molecule has 0 heterocycles. The van der Waals surface area contributed by atoms with Gasteiger partial charge in [0.05, 0.1) is 22.9 Å². The summed E-state index contributed by atoms with van der Waals surface area (Å²) in [4.78, 5) is 11.0. The maximum Gasteiger partial charge on any atom is 0.337 e. The van der Waals surface area contributed by atoms with E-state index < -0.39 is 5.97 Å². The van der Waals surface area contributed by atoms with Gasteiger partial charge in [0.25, 0.3) is 0 Å². The van der Waals surface area contributed by atoms with Crippen molar-refractivity contribution in [3.05, 3.63) is 53.1 Å². The average molecular weight is 268 g/mol. The molecule has 0 amide bonds. The zero-order valence-corrected chi connectivity index (χ0v) is 10.8. The number of aryl methyl sites for hydroxylation is 1. The van der Waals surface area contributed by atoms with Crippen molar-refractivity contribution in [1.82, 2.24) is 0 Å². The number of nitrogens with two attached hydrogens (primary N) is 1. The molecule has 2 aromatic rings. The third-order valence-electron chi connectivity index (χ3n) is 2.83. The van der Waals surface area contributed by atoms with E-state index in [0.29, 0.717) is 11.3 Å². The van der Waals surface area contributed by atoms with Gasteiger partial charge in [-0.05, 0) is 36.8 Å². The number of carboxylic acids is 1. The van der Waals surface area contributed by atoms with Crippen LogP contribution < -0.4 is 10.5 Å². The molecule has 0 atom stereocenters. The fourth-order valence-corrected chi connectivity index (χ4v) is 1.72. The summed E-state index contributed by atoms with van der Waals surface area (Å²) in [6.45, 7) is 1.83. The number of nitrogen functional groups attached to an aromatic ring is 1. The molecule has 0 radical (unpaired) electrons. The SMILES string of the molecule is Cc1ccc(C#N)cc1Oc1cccc(C(=O)O)c1N. The van der Waals surface area contributed by atoms with Crippen molar-refractivity contribution >= 4 is 11.7 Å². The molecule has 0 saturated carbocycles. The van der Waals surface area contributed by atoms with E-state index in [1.165, 1.54) is 6.07 Å². The van der Waals surface area contributed by atoms with Crippen LogP contribution in [-0.2, 0) is 0 Å². The molecular weight excluding hydrogens is 256 g/mol. The topological polar surface area (TPSA) is 96.3 Å². The van der Waals surface area contributed by atoms with E-state index >= 15 is 0 Å². The van der Waals surface area contributed by atoms with Crippen molar-refractivity contribution in [1.29, 1.82) is 5.26 Å². The molecule has 0 aromatic heterocycles. The van der Waals surface area contributed by atoms with Crippen LogP contribution in [0.1, 0.15) is 21.5 Å². The van der Waals surface area contributed by atoms with Gasteiger partial charge in [0, 0.05) is 0 Å². The Morgan fingerprint density at radius 2 is 2.05 bits per heavy atom. The van der Waals surface area contributed by atoms with Gasteiger partial charge in [0.1, 0.15) is 5.75 Å². The third-order valence-corrected chi connectivity index (χ3v) is 2.83. The minimum atomic E-state index is -1.12.